The van der Waals surface area contributed by atoms with Gasteiger partial charge in [-0.1, -0.05) is 12.1 Å². The van der Waals surface area contributed by atoms with E-state index in [1.165, 1.54) is 6.42 Å². The van der Waals surface area contributed by atoms with Crippen LogP contribution < -0.4 is 11.1 Å². The van der Waals surface area contributed by atoms with E-state index in [1.54, 1.807) is 0 Å². The third-order valence-electron chi connectivity index (χ3n) is 3.78. The standard InChI is InChI=1S/C16H24N2O2/c1-12-5-6-13(11-17)10-15(12)18-16(19)8-7-14-4-2-3-9-20-14/h5-6,10,14H,2-4,7-9,11,17H2,1H3,(H,18,19). The Balaban J connectivity index is 1.84. The lowest BCUT2D eigenvalue weighted by atomic mass is 10.0. The summed E-state index contributed by atoms with van der Waals surface area (Å²) in [7, 11) is 0. The monoisotopic (exact) mass is 276 g/mol. The van der Waals surface area contributed by atoms with Gasteiger partial charge >= 0.3 is 0 Å². The van der Waals surface area contributed by atoms with E-state index in [0.29, 0.717) is 13.0 Å². The minimum atomic E-state index is 0.0523. The van der Waals surface area contributed by atoms with Crippen molar-refractivity contribution in [2.24, 2.45) is 5.73 Å². The van der Waals surface area contributed by atoms with Crippen molar-refractivity contribution in [3.8, 4) is 0 Å². The fourth-order valence-electron chi connectivity index (χ4n) is 2.47. The van der Waals surface area contributed by atoms with E-state index < -0.39 is 0 Å². The Morgan fingerprint density at radius 3 is 3.00 bits per heavy atom. The van der Waals surface area contributed by atoms with Gasteiger partial charge in [-0.25, -0.2) is 0 Å². The number of aryl methyl sites for hydroxylation is 1. The molecule has 110 valence electrons. The zero-order chi connectivity index (χ0) is 14.4. The Bertz CT molecular complexity index is 454. The second-order valence-electron chi connectivity index (χ2n) is 5.43. The van der Waals surface area contributed by atoms with Crippen LogP contribution in [-0.4, -0.2) is 18.6 Å². The average molecular weight is 276 g/mol. The molecule has 4 nitrogen and oxygen atoms in total. The third-order valence-corrected chi connectivity index (χ3v) is 3.78. The van der Waals surface area contributed by atoms with Gasteiger partial charge in [0.1, 0.15) is 0 Å². The number of hydrogen-bond donors (Lipinski definition) is 2. The summed E-state index contributed by atoms with van der Waals surface area (Å²) in [5, 5.41) is 2.97. The lowest BCUT2D eigenvalue weighted by Gasteiger charge is -2.22. The molecule has 2 rings (SSSR count). The predicted molar refractivity (Wildman–Crippen MR) is 80.5 cm³/mol. The van der Waals surface area contributed by atoms with Crippen LogP contribution in [0.25, 0.3) is 0 Å². The van der Waals surface area contributed by atoms with E-state index in [-0.39, 0.29) is 12.0 Å². The maximum absolute atomic E-state index is 12.0. The van der Waals surface area contributed by atoms with Gasteiger partial charge in [0.15, 0.2) is 0 Å². The summed E-state index contributed by atoms with van der Waals surface area (Å²) >= 11 is 0. The van der Waals surface area contributed by atoms with Gasteiger partial charge in [0.25, 0.3) is 0 Å². The van der Waals surface area contributed by atoms with Crippen LogP contribution in [0.5, 0.6) is 0 Å². The first-order valence-corrected chi connectivity index (χ1v) is 7.40. The topological polar surface area (TPSA) is 64.3 Å². The molecule has 0 spiro atoms. The van der Waals surface area contributed by atoms with Crippen LogP contribution >= 0.6 is 0 Å². The highest BCUT2D eigenvalue weighted by molar-refractivity contribution is 5.91. The van der Waals surface area contributed by atoms with Crippen molar-refractivity contribution < 1.29 is 9.53 Å². The molecule has 0 aromatic heterocycles. The van der Waals surface area contributed by atoms with E-state index in [4.69, 9.17) is 10.5 Å². The number of nitrogens with one attached hydrogen (secondary N) is 1. The lowest BCUT2D eigenvalue weighted by Crippen LogP contribution is -2.22. The Hall–Kier alpha value is -1.39. The van der Waals surface area contributed by atoms with Crippen LogP contribution in [0.4, 0.5) is 5.69 Å². The van der Waals surface area contributed by atoms with Crippen molar-refractivity contribution in [3.63, 3.8) is 0 Å². The summed E-state index contributed by atoms with van der Waals surface area (Å²) in [6.07, 6.45) is 5.01. The average Bonchev–Trinajstić information content (AvgIpc) is 2.48. The van der Waals surface area contributed by atoms with E-state index in [1.807, 2.05) is 25.1 Å². The zero-order valence-electron chi connectivity index (χ0n) is 12.2. The molecule has 1 fully saturated rings. The molecule has 1 aromatic carbocycles. The molecule has 0 radical (unpaired) electrons. The van der Waals surface area contributed by atoms with E-state index in [2.05, 4.69) is 5.32 Å². The second-order valence-corrected chi connectivity index (χ2v) is 5.43. The molecule has 4 heteroatoms. The smallest absolute Gasteiger partial charge is 0.224 e. The highest BCUT2D eigenvalue weighted by Gasteiger charge is 2.15. The largest absolute Gasteiger partial charge is 0.378 e. The quantitative estimate of drug-likeness (QED) is 0.869. The van der Waals surface area contributed by atoms with Gasteiger partial charge in [-0.15, -0.1) is 0 Å². The van der Waals surface area contributed by atoms with Crippen LogP contribution in [0.3, 0.4) is 0 Å². The minimum absolute atomic E-state index is 0.0523. The molecule has 1 aliphatic rings. The fraction of sp³-hybridized carbons (Fsp3) is 0.562. The summed E-state index contributed by atoms with van der Waals surface area (Å²) in [5.41, 5.74) is 8.58. The zero-order valence-corrected chi connectivity index (χ0v) is 12.2. The number of ether oxygens (including phenoxy) is 1. The molecule has 1 aliphatic heterocycles. The van der Waals surface area contributed by atoms with Crippen LogP contribution in [0, 0.1) is 6.92 Å². The normalized spacial score (nSPS) is 18.8. The number of nitrogens with two attached hydrogens (primary N) is 1. The van der Waals surface area contributed by atoms with E-state index >= 15 is 0 Å². The number of rotatable bonds is 5. The third kappa shape index (κ3) is 4.32. The van der Waals surface area contributed by atoms with Gasteiger partial charge in [-0.05, 0) is 49.8 Å². The number of hydrogen-bond acceptors (Lipinski definition) is 3. The summed E-state index contributed by atoms with van der Waals surface area (Å²) in [6, 6.07) is 5.92. The minimum Gasteiger partial charge on any atom is -0.378 e. The first-order valence-electron chi connectivity index (χ1n) is 7.40. The number of carbonyl (C=O) groups excluding carboxylic acids is 1. The van der Waals surface area contributed by atoms with Crippen molar-refractivity contribution >= 4 is 11.6 Å². The highest BCUT2D eigenvalue weighted by atomic mass is 16.5. The number of anilines is 1. The van der Waals surface area contributed by atoms with E-state index in [0.717, 1.165) is 42.7 Å². The summed E-state index contributed by atoms with van der Waals surface area (Å²) in [6.45, 7) is 3.31. The molecule has 1 heterocycles. The van der Waals surface area contributed by atoms with Crippen molar-refractivity contribution in [1.82, 2.24) is 0 Å². The van der Waals surface area contributed by atoms with Crippen LogP contribution in [-0.2, 0) is 16.1 Å². The number of amides is 1. The SMILES string of the molecule is Cc1ccc(CN)cc1NC(=O)CCC1CCCCO1. The predicted octanol–water partition coefficient (Wildman–Crippen LogP) is 2.74. The Kier molecular flexibility index (Phi) is 5.56. The summed E-state index contributed by atoms with van der Waals surface area (Å²) < 4.78 is 5.64. The van der Waals surface area contributed by atoms with Crippen LogP contribution in [0.2, 0.25) is 0 Å². The van der Waals surface area contributed by atoms with Gasteiger partial charge in [-0.2, -0.15) is 0 Å². The second kappa shape index (κ2) is 7.41. The molecule has 1 amide bonds. The van der Waals surface area contributed by atoms with Crippen LogP contribution in [0.15, 0.2) is 18.2 Å². The van der Waals surface area contributed by atoms with Crippen molar-refractivity contribution in [3.05, 3.63) is 29.3 Å². The van der Waals surface area contributed by atoms with Crippen molar-refractivity contribution in [1.29, 1.82) is 0 Å². The maximum atomic E-state index is 12.0. The lowest BCUT2D eigenvalue weighted by molar-refractivity contribution is -0.117. The molecule has 1 unspecified atom stereocenters. The molecule has 0 saturated carbocycles. The van der Waals surface area contributed by atoms with Gasteiger partial charge in [0, 0.05) is 25.3 Å². The molecular weight excluding hydrogens is 252 g/mol. The number of carbonyl (C=O) groups is 1. The maximum Gasteiger partial charge on any atom is 0.224 e. The molecule has 1 aromatic rings. The molecule has 0 aliphatic carbocycles. The van der Waals surface area contributed by atoms with Gasteiger partial charge in [0.05, 0.1) is 6.10 Å². The van der Waals surface area contributed by atoms with Gasteiger partial charge in [0.2, 0.25) is 5.91 Å². The molecule has 20 heavy (non-hydrogen) atoms. The Labute approximate surface area is 120 Å². The van der Waals surface area contributed by atoms with Crippen LogP contribution in [0.1, 0.15) is 43.2 Å². The van der Waals surface area contributed by atoms with Gasteiger partial charge < -0.3 is 15.8 Å². The summed E-state index contributed by atoms with van der Waals surface area (Å²) in [4.78, 5) is 12.0. The molecule has 3 N–H and O–H groups in total. The molecule has 1 saturated heterocycles. The van der Waals surface area contributed by atoms with Crippen molar-refractivity contribution in [2.45, 2.75) is 51.7 Å². The summed E-state index contributed by atoms with van der Waals surface area (Å²) in [5.74, 6) is 0.0523. The van der Waals surface area contributed by atoms with E-state index in [9.17, 15) is 4.79 Å². The van der Waals surface area contributed by atoms with Gasteiger partial charge in [-0.3, -0.25) is 4.79 Å². The fourth-order valence-corrected chi connectivity index (χ4v) is 2.47. The Morgan fingerprint density at radius 2 is 2.30 bits per heavy atom. The Morgan fingerprint density at radius 1 is 1.45 bits per heavy atom. The molecule has 1 atom stereocenters. The molecular formula is C16H24N2O2. The highest BCUT2D eigenvalue weighted by Crippen LogP contribution is 2.19. The first-order chi connectivity index (χ1) is 9.69. The molecule has 0 bridgehead atoms. The van der Waals surface area contributed by atoms with Crippen molar-refractivity contribution in [2.75, 3.05) is 11.9 Å². The number of benzene rings is 1. The first kappa shape index (κ1) is 15.0.